The monoisotopic (exact) mass is 286 g/mol. The second-order valence-corrected chi connectivity index (χ2v) is 6.97. The molecule has 0 aliphatic heterocycles. The predicted octanol–water partition coefficient (Wildman–Crippen LogP) is 4.31. The molecule has 2 heterocycles. The zero-order valence-corrected chi connectivity index (χ0v) is 12.8. The lowest BCUT2D eigenvalue weighted by Crippen LogP contribution is -2.15. The summed E-state index contributed by atoms with van der Waals surface area (Å²) in [5.74, 6) is 0. The Morgan fingerprint density at radius 3 is 2.65 bits per heavy atom. The van der Waals surface area contributed by atoms with Crippen LogP contribution >= 0.6 is 11.3 Å². The molecule has 0 atom stereocenters. The summed E-state index contributed by atoms with van der Waals surface area (Å²) in [5.41, 5.74) is 8.91. The van der Waals surface area contributed by atoms with Crippen molar-refractivity contribution in [3.8, 4) is 10.6 Å². The van der Waals surface area contributed by atoms with Crippen LogP contribution in [-0.4, -0.2) is 4.98 Å². The minimum atomic E-state index is 0.00297. The summed E-state index contributed by atoms with van der Waals surface area (Å²) >= 11 is 1.66. The first-order chi connectivity index (χ1) is 9.50. The number of aromatic nitrogens is 1. The van der Waals surface area contributed by atoms with Crippen LogP contribution in [0.2, 0.25) is 0 Å². The molecule has 3 aromatic rings. The fraction of sp³-hybridized carbons (Fsp3) is 0.312. The van der Waals surface area contributed by atoms with Crippen LogP contribution in [0.25, 0.3) is 21.5 Å². The Morgan fingerprint density at radius 1 is 1.25 bits per heavy atom. The molecule has 4 heteroatoms. The van der Waals surface area contributed by atoms with E-state index in [-0.39, 0.29) is 5.41 Å². The van der Waals surface area contributed by atoms with Crippen molar-refractivity contribution in [1.29, 1.82) is 0 Å². The Balaban J connectivity index is 2.18. The number of furan rings is 1. The summed E-state index contributed by atoms with van der Waals surface area (Å²) in [6.45, 7) is 7.02. The molecule has 0 aliphatic carbocycles. The van der Waals surface area contributed by atoms with E-state index in [4.69, 9.17) is 15.1 Å². The predicted molar refractivity (Wildman–Crippen MR) is 83.9 cm³/mol. The van der Waals surface area contributed by atoms with Crippen LogP contribution < -0.4 is 5.73 Å². The number of thiazole rings is 1. The molecule has 0 radical (unpaired) electrons. The maximum absolute atomic E-state index is 5.87. The van der Waals surface area contributed by atoms with Crippen LogP contribution in [0.5, 0.6) is 0 Å². The maximum atomic E-state index is 5.87. The van der Waals surface area contributed by atoms with E-state index in [1.165, 1.54) is 0 Å². The quantitative estimate of drug-likeness (QED) is 0.763. The molecule has 20 heavy (non-hydrogen) atoms. The molecule has 0 spiro atoms. The first-order valence-electron chi connectivity index (χ1n) is 6.67. The van der Waals surface area contributed by atoms with Crippen LogP contribution in [0.15, 0.2) is 34.9 Å². The molecule has 3 rings (SSSR count). The Bertz CT molecular complexity index is 749. The molecule has 0 saturated carbocycles. The molecular formula is C16H18N2OS. The zero-order chi connectivity index (χ0) is 14.3. The highest BCUT2D eigenvalue weighted by atomic mass is 32.1. The van der Waals surface area contributed by atoms with E-state index in [1.54, 1.807) is 17.6 Å². The van der Waals surface area contributed by atoms with Crippen LogP contribution in [-0.2, 0) is 12.0 Å². The van der Waals surface area contributed by atoms with Gasteiger partial charge in [-0.25, -0.2) is 4.98 Å². The molecule has 3 nitrogen and oxygen atoms in total. The number of nitrogens with zero attached hydrogens (tertiary/aromatic N) is 1. The van der Waals surface area contributed by atoms with Gasteiger partial charge in [-0.15, -0.1) is 11.3 Å². The number of rotatable bonds is 2. The van der Waals surface area contributed by atoms with Gasteiger partial charge < -0.3 is 10.2 Å². The summed E-state index contributed by atoms with van der Waals surface area (Å²) in [7, 11) is 0. The first kappa shape index (κ1) is 13.3. The average Bonchev–Trinajstić information content (AvgIpc) is 3.01. The normalized spacial score (nSPS) is 12.2. The molecule has 0 amide bonds. The largest absolute Gasteiger partial charge is 0.464 e. The molecule has 104 valence electrons. The first-order valence-corrected chi connectivity index (χ1v) is 7.49. The number of fused-ring (bicyclic) bond motifs is 1. The van der Waals surface area contributed by atoms with Gasteiger partial charge in [0.1, 0.15) is 16.9 Å². The van der Waals surface area contributed by atoms with Crippen molar-refractivity contribution >= 4 is 22.3 Å². The molecule has 0 saturated heterocycles. The summed E-state index contributed by atoms with van der Waals surface area (Å²) < 4.78 is 5.61. The van der Waals surface area contributed by atoms with E-state index in [0.717, 1.165) is 32.1 Å². The third kappa shape index (κ3) is 2.15. The van der Waals surface area contributed by atoms with Gasteiger partial charge >= 0.3 is 0 Å². The molecule has 0 bridgehead atoms. The SMILES string of the molecule is CC(C)(C)c1nc(-c2coc3ccccc23)sc1CN. The third-order valence-electron chi connectivity index (χ3n) is 3.30. The van der Waals surface area contributed by atoms with E-state index in [1.807, 2.05) is 18.2 Å². The Labute approximate surface area is 122 Å². The van der Waals surface area contributed by atoms with Gasteiger partial charge in [0, 0.05) is 22.2 Å². The number of benzene rings is 1. The second kappa shape index (κ2) is 4.72. The van der Waals surface area contributed by atoms with Crippen molar-refractivity contribution < 1.29 is 4.42 Å². The van der Waals surface area contributed by atoms with E-state index in [0.29, 0.717) is 6.54 Å². The Hall–Kier alpha value is -1.65. The van der Waals surface area contributed by atoms with Gasteiger partial charge in [-0.1, -0.05) is 39.0 Å². The van der Waals surface area contributed by atoms with Gasteiger partial charge in [0.05, 0.1) is 11.3 Å². The lowest BCUT2D eigenvalue weighted by molar-refractivity contribution is 0.567. The summed E-state index contributed by atoms with van der Waals surface area (Å²) in [4.78, 5) is 5.97. The van der Waals surface area contributed by atoms with E-state index in [2.05, 4.69) is 26.8 Å². The molecule has 2 N–H and O–H groups in total. The van der Waals surface area contributed by atoms with Crippen molar-refractivity contribution in [3.63, 3.8) is 0 Å². The lowest BCUT2D eigenvalue weighted by atomic mass is 9.91. The highest BCUT2D eigenvalue weighted by Crippen LogP contribution is 2.37. The Morgan fingerprint density at radius 2 is 2.00 bits per heavy atom. The fourth-order valence-corrected chi connectivity index (χ4v) is 3.50. The average molecular weight is 286 g/mol. The summed E-state index contributed by atoms with van der Waals surface area (Å²) in [6, 6.07) is 8.03. The standard InChI is InChI=1S/C16H18N2OS/c1-16(2,3)14-13(8-17)20-15(18-14)11-9-19-12-7-5-4-6-10(11)12/h4-7,9H,8,17H2,1-3H3. The minimum absolute atomic E-state index is 0.00297. The topological polar surface area (TPSA) is 52.0 Å². The number of hydrogen-bond acceptors (Lipinski definition) is 4. The highest BCUT2D eigenvalue weighted by Gasteiger charge is 2.24. The van der Waals surface area contributed by atoms with Gasteiger partial charge in [0.25, 0.3) is 0 Å². The van der Waals surface area contributed by atoms with Crippen LogP contribution in [0.3, 0.4) is 0 Å². The van der Waals surface area contributed by atoms with Gasteiger partial charge in [0.15, 0.2) is 0 Å². The molecule has 0 unspecified atom stereocenters. The lowest BCUT2D eigenvalue weighted by Gasteiger charge is -2.16. The van der Waals surface area contributed by atoms with Crippen molar-refractivity contribution in [2.45, 2.75) is 32.7 Å². The summed E-state index contributed by atoms with van der Waals surface area (Å²) in [6.07, 6.45) is 1.79. The van der Waals surface area contributed by atoms with E-state index >= 15 is 0 Å². The van der Waals surface area contributed by atoms with Crippen LogP contribution in [0, 0.1) is 0 Å². The van der Waals surface area contributed by atoms with Crippen molar-refractivity contribution in [2.24, 2.45) is 5.73 Å². The van der Waals surface area contributed by atoms with Crippen molar-refractivity contribution in [1.82, 2.24) is 4.98 Å². The van der Waals surface area contributed by atoms with Crippen LogP contribution in [0.1, 0.15) is 31.3 Å². The van der Waals surface area contributed by atoms with Gasteiger partial charge in [-0.2, -0.15) is 0 Å². The zero-order valence-electron chi connectivity index (χ0n) is 11.9. The minimum Gasteiger partial charge on any atom is -0.464 e. The second-order valence-electron chi connectivity index (χ2n) is 5.89. The third-order valence-corrected chi connectivity index (χ3v) is 4.42. The van der Waals surface area contributed by atoms with Gasteiger partial charge in [0.2, 0.25) is 0 Å². The molecule has 0 fully saturated rings. The van der Waals surface area contributed by atoms with Crippen molar-refractivity contribution in [3.05, 3.63) is 41.1 Å². The van der Waals surface area contributed by atoms with Crippen LogP contribution in [0.4, 0.5) is 0 Å². The number of hydrogen-bond donors (Lipinski definition) is 1. The maximum Gasteiger partial charge on any atom is 0.134 e. The van der Waals surface area contributed by atoms with Crippen molar-refractivity contribution in [2.75, 3.05) is 0 Å². The molecule has 1 aromatic carbocycles. The van der Waals surface area contributed by atoms with Gasteiger partial charge in [-0.3, -0.25) is 0 Å². The smallest absolute Gasteiger partial charge is 0.134 e. The number of nitrogens with two attached hydrogens (primary N) is 1. The molecule has 2 aromatic heterocycles. The fourth-order valence-electron chi connectivity index (χ4n) is 2.33. The number of para-hydroxylation sites is 1. The van der Waals surface area contributed by atoms with Gasteiger partial charge in [-0.05, 0) is 6.07 Å². The van der Waals surface area contributed by atoms with E-state index < -0.39 is 0 Å². The summed E-state index contributed by atoms with van der Waals surface area (Å²) in [5, 5.41) is 2.09. The Kier molecular flexibility index (Phi) is 3.15. The molecule has 0 aliphatic rings. The van der Waals surface area contributed by atoms with E-state index in [9.17, 15) is 0 Å². The highest BCUT2D eigenvalue weighted by molar-refractivity contribution is 7.15. The molecular weight excluding hydrogens is 268 g/mol.